The first-order chi connectivity index (χ1) is 14.5. The van der Waals surface area contributed by atoms with Crippen LogP contribution < -0.4 is 5.56 Å². The van der Waals surface area contributed by atoms with E-state index in [-0.39, 0.29) is 30.7 Å². The predicted octanol–water partition coefficient (Wildman–Crippen LogP) is 1.34. The number of rotatable bonds is 6. The molecule has 1 N–H and O–H groups in total. The van der Waals surface area contributed by atoms with E-state index in [9.17, 15) is 14.7 Å². The Morgan fingerprint density at radius 3 is 2.83 bits per heavy atom. The number of para-hydroxylation sites is 1. The molecule has 162 valence electrons. The second kappa shape index (κ2) is 9.24. The zero-order valence-electron chi connectivity index (χ0n) is 17.2. The maximum absolute atomic E-state index is 12.7. The van der Waals surface area contributed by atoms with Gasteiger partial charge in [-0.05, 0) is 44.2 Å². The highest BCUT2D eigenvalue weighted by molar-refractivity contribution is 5.77. The number of aliphatic hydroxyl groups is 1. The standard InChI is InChI=1S/C22H29N3O5/c26-20(14-29-13-17-5-3-4-12-30-17)24-10-8-22(28,9-11-24)15-25-16-23-19-7-2-1-6-18(19)21(25)27/h1-2,6-7,16-17,28H,3-5,8-15H2. The molecule has 2 saturated heterocycles. The van der Waals surface area contributed by atoms with Gasteiger partial charge in [0, 0.05) is 19.7 Å². The molecule has 2 aliphatic heterocycles. The average molecular weight is 415 g/mol. The highest BCUT2D eigenvalue weighted by Crippen LogP contribution is 2.24. The van der Waals surface area contributed by atoms with E-state index in [1.54, 1.807) is 23.1 Å². The van der Waals surface area contributed by atoms with Crippen LogP contribution in [-0.2, 0) is 20.8 Å². The number of carbonyl (C=O) groups is 1. The summed E-state index contributed by atoms with van der Waals surface area (Å²) in [6.07, 6.45) is 5.60. The van der Waals surface area contributed by atoms with E-state index >= 15 is 0 Å². The molecule has 3 heterocycles. The Hall–Kier alpha value is -2.29. The summed E-state index contributed by atoms with van der Waals surface area (Å²) in [6, 6.07) is 7.18. The second-order valence-electron chi connectivity index (χ2n) is 8.30. The number of benzene rings is 1. The van der Waals surface area contributed by atoms with Gasteiger partial charge in [-0.3, -0.25) is 14.2 Å². The number of hydrogen-bond donors (Lipinski definition) is 1. The lowest BCUT2D eigenvalue weighted by molar-refractivity contribution is -0.142. The lowest BCUT2D eigenvalue weighted by Gasteiger charge is -2.38. The minimum atomic E-state index is -1.04. The van der Waals surface area contributed by atoms with Gasteiger partial charge in [-0.25, -0.2) is 4.98 Å². The highest BCUT2D eigenvalue weighted by atomic mass is 16.5. The summed E-state index contributed by atoms with van der Waals surface area (Å²) in [5.74, 6) is -0.0719. The molecule has 2 aromatic rings. The molecule has 1 atom stereocenters. The van der Waals surface area contributed by atoms with Crippen molar-refractivity contribution in [1.29, 1.82) is 0 Å². The number of piperidine rings is 1. The largest absolute Gasteiger partial charge is 0.388 e. The van der Waals surface area contributed by atoms with Crippen molar-refractivity contribution in [2.24, 2.45) is 0 Å². The summed E-state index contributed by atoms with van der Waals surface area (Å²) in [5.41, 5.74) is -0.558. The lowest BCUT2D eigenvalue weighted by Crippen LogP contribution is -2.50. The number of likely N-dealkylation sites (tertiary alicyclic amines) is 1. The van der Waals surface area contributed by atoms with Crippen LogP contribution in [0, 0.1) is 0 Å². The Kier molecular flexibility index (Phi) is 6.46. The van der Waals surface area contributed by atoms with Crippen molar-refractivity contribution in [3.8, 4) is 0 Å². The fraction of sp³-hybridized carbons (Fsp3) is 0.591. The van der Waals surface area contributed by atoms with E-state index in [0.29, 0.717) is 43.4 Å². The molecule has 8 heteroatoms. The van der Waals surface area contributed by atoms with E-state index in [1.807, 2.05) is 6.07 Å². The van der Waals surface area contributed by atoms with Gasteiger partial charge in [-0.15, -0.1) is 0 Å². The van der Waals surface area contributed by atoms with Crippen molar-refractivity contribution in [3.63, 3.8) is 0 Å². The van der Waals surface area contributed by atoms with E-state index in [2.05, 4.69) is 4.98 Å². The maximum atomic E-state index is 12.7. The van der Waals surface area contributed by atoms with Crippen LogP contribution in [0.25, 0.3) is 10.9 Å². The first-order valence-electron chi connectivity index (χ1n) is 10.7. The molecule has 0 spiro atoms. The quantitative estimate of drug-likeness (QED) is 0.765. The number of carbonyl (C=O) groups excluding carboxylic acids is 1. The third-order valence-corrected chi connectivity index (χ3v) is 6.05. The molecule has 1 amide bonds. The minimum absolute atomic E-state index is 0.0341. The van der Waals surface area contributed by atoms with Crippen molar-refractivity contribution in [1.82, 2.24) is 14.5 Å². The Morgan fingerprint density at radius 2 is 2.07 bits per heavy atom. The van der Waals surface area contributed by atoms with Crippen LogP contribution in [0.15, 0.2) is 35.4 Å². The Bertz CT molecular complexity index is 930. The molecule has 30 heavy (non-hydrogen) atoms. The fourth-order valence-corrected chi connectivity index (χ4v) is 4.17. The van der Waals surface area contributed by atoms with Gasteiger partial charge in [0.15, 0.2) is 0 Å². The number of amides is 1. The number of ether oxygens (including phenoxy) is 2. The first-order valence-corrected chi connectivity index (χ1v) is 10.7. The molecule has 1 unspecified atom stereocenters. The number of nitrogens with zero attached hydrogens (tertiary/aromatic N) is 3. The van der Waals surface area contributed by atoms with Crippen LogP contribution in [0.4, 0.5) is 0 Å². The molecule has 0 aliphatic carbocycles. The Balaban J connectivity index is 1.28. The van der Waals surface area contributed by atoms with Crippen LogP contribution >= 0.6 is 0 Å². The molecular weight excluding hydrogens is 386 g/mol. The molecule has 0 bridgehead atoms. The van der Waals surface area contributed by atoms with Gasteiger partial charge in [0.1, 0.15) is 6.61 Å². The third kappa shape index (κ3) is 4.88. The van der Waals surface area contributed by atoms with E-state index in [1.165, 1.54) is 10.9 Å². The lowest BCUT2D eigenvalue weighted by atomic mass is 9.91. The highest BCUT2D eigenvalue weighted by Gasteiger charge is 2.34. The van der Waals surface area contributed by atoms with E-state index in [4.69, 9.17) is 9.47 Å². The Labute approximate surface area is 175 Å². The average Bonchev–Trinajstić information content (AvgIpc) is 2.77. The van der Waals surface area contributed by atoms with Gasteiger partial charge in [-0.1, -0.05) is 12.1 Å². The smallest absolute Gasteiger partial charge is 0.261 e. The summed E-state index contributed by atoms with van der Waals surface area (Å²) in [5, 5.41) is 11.5. The monoisotopic (exact) mass is 415 g/mol. The van der Waals surface area contributed by atoms with Crippen LogP contribution in [0.1, 0.15) is 32.1 Å². The van der Waals surface area contributed by atoms with Gasteiger partial charge in [0.25, 0.3) is 5.56 Å². The van der Waals surface area contributed by atoms with Crippen LogP contribution in [-0.4, -0.2) is 70.1 Å². The summed E-state index contributed by atoms with van der Waals surface area (Å²) in [7, 11) is 0. The molecule has 1 aromatic heterocycles. The van der Waals surface area contributed by atoms with Gasteiger partial charge in [0.05, 0.1) is 42.1 Å². The van der Waals surface area contributed by atoms with Crippen molar-refractivity contribution in [2.75, 3.05) is 32.9 Å². The molecule has 0 saturated carbocycles. The van der Waals surface area contributed by atoms with Crippen molar-refractivity contribution in [2.45, 2.75) is 50.4 Å². The van der Waals surface area contributed by atoms with Crippen LogP contribution in [0.3, 0.4) is 0 Å². The Morgan fingerprint density at radius 1 is 1.27 bits per heavy atom. The molecule has 2 fully saturated rings. The van der Waals surface area contributed by atoms with Gasteiger partial charge >= 0.3 is 0 Å². The van der Waals surface area contributed by atoms with E-state index < -0.39 is 5.60 Å². The zero-order valence-corrected chi connectivity index (χ0v) is 17.2. The van der Waals surface area contributed by atoms with Gasteiger partial charge in [0.2, 0.25) is 5.91 Å². The molecule has 0 radical (unpaired) electrons. The molecular formula is C22H29N3O5. The number of fused-ring (bicyclic) bond motifs is 1. The first kappa shape index (κ1) is 21.0. The van der Waals surface area contributed by atoms with Crippen LogP contribution in [0.2, 0.25) is 0 Å². The zero-order chi connectivity index (χ0) is 21.0. The summed E-state index contributed by atoms with van der Waals surface area (Å²) < 4.78 is 12.6. The normalized spacial score (nSPS) is 21.6. The number of hydrogen-bond acceptors (Lipinski definition) is 6. The summed E-state index contributed by atoms with van der Waals surface area (Å²) >= 11 is 0. The topological polar surface area (TPSA) is 93.9 Å². The van der Waals surface area contributed by atoms with Crippen molar-refractivity contribution >= 4 is 16.8 Å². The molecule has 8 nitrogen and oxygen atoms in total. The van der Waals surface area contributed by atoms with E-state index in [0.717, 1.165) is 25.9 Å². The molecule has 4 rings (SSSR count). The predicted molar refractivity (Wildman–Crippen MR) is 111 cm³/mol. The molecule has 2 aliphatic rings. The third-order valence-electron chi connectivity index (χ3n) is 6.05. The summed E-state index contributed by atoms with van der Waals surface area (Å²) in [4.78, 5) is 31.1. The second-order valence-corrected chi connectivity index (χ2v) is 8.30. The fourth-order valence-electron chi connectivity index (χ4n) is 4.17. The summed E-state index contributed by atoms with van der Waals surface area (Å²) in [6.45, 7) is 2.29. The van der Waals surface area contributed by atoms with Crippen LogP contribution in [0.5, 0.6) is 0 Å². The number of aromatic nitrogens is 2. The van der Waals surface area contributed by atoms with Gasteiger partial charge < -0.3 is 19.5 Å². The maximum Gasteiger partial charge on any atom is 0.261 e. The van der Waals surface area contributed by atoms with Crippen molar-refractivity contribution < 1.29 is 19.4 Å². The molecule has 1 aromatic carbocycles. The van der Waals surface area contributed by atoms with Gasteiger partial charge in [-0.2, -0.15) is 0 Å². The van der Waals surface area contributed by atoms with Crippen molar-refractivity contribution in [3.05, 3.63) is 40.9 Å². The SMILES string of the molecule is O=C(COCC1CCCCO1)N1CCC(O)(Cn2cnc3ccccc3c2=O)CC1. The minimum Gasteiger partial charge on any atom is -0.388 e.